The van der Waals surface area contributed by atoms with Gasteiger partial charge in [-0.2, -0.15) is 0 Å². The van der Waals surface area contributed by atoms with Crippen LogP contribution in [0.4, 0.5) is 5.69 Å². The number of hydrogen-bond donors (Lipinski definition) is 3. The Balaban J connectivity index is 1.35. The van der Waals surface area contributed by atoms with Crippen LogP contribution in [0.25, 0.3) is 0 Å². The van der Waals surface area contributed by atoms with E-state index in [9.17, 15) is 4.79 Å². The molecular weight excluding hydrogens is 450 g/mol. The molecule has 1 aliphatic heterocycles. The topological polar surface area (TPSA) is 92.0 Å². The Morgan fingerprint density at radius 1 is 0.972 bits per heavy atom. The van der Waals surface area contributed by atoms with E-state index in [2.05, 4.69) is 20.5 Å². The molecule has 0 bridgehead atoms. The quantitative estimate of drug-likeness (QED) is 0.282. The number of carbonyl (C=O) groups is 1. The summed E-state index contributed by atoms with van der Waals surface area (Å²) in [5, 5.41) is 6.16. The van der Waals surface area contributed by atoms with Gasteiger partial charge >= 0.3 is 0 Å². The second-order valence-corrected chi connectivity index (χ2v) is 9.11. The van der Waals surface area contributed by atoms with Crippen molar-refractivity contribution in [3.05, 3.63) is 90.0 Å². The van der Waals surface area contributed by atoms with Crippen molar-refractivity contribution in [3.8, 4) is 11.5 Å². The molecule has 0 aliphatic carbocycles. The summed E-state index contributed by atoms with van der Waals surface area (Å²) in [5.41, 5.74) is 9.16. The molecule has 1 aliphatic rings. The maximum absolute atomic E-state index is 12.7. The van der Waals surface area contributed by atoms with Gasteiger partial charge in [0.25, 0.3) is 0 Å². The Bertz CT molecular complexity index is 1120. The van der Waals surface area contributed by atoms with Gasteiger partial charge < -0.3 is 26.0 Å². The molecule has 1 saturated heterocycles. The summed E-state index contributed by atoms with van der Waals surface area (Å²) in [4.78, 5) is 19.7. The van der Waals surface area contributed by atoms with Crippen LogP contribution in [-0.4, -0.2) is 42.9 Å². The molecule has 7 heteroatoms. The van der Waals surface area contributed by atoms with Crippen molar-refractivity contribution < 1.29 is 9.53 Å². The first-order chi connectivity index (χ1) is 17.5. The Labute approximate surface area is 213 Å². The lowest BCUT2D eigenvalue weighted by atomic mass is 10.0. The minimum absolute atomic E-state index is 0.0304. The Kier molecular flexibility index (Phi) is 8.94. The van der Waals surface area contributed by atoms with Crippen molar-refractivity contribution in [3.63, 3.8) is 0 Å². The number of rotatable bonds is 10. The molecule has 0 aromatic heterocycles. The molecule has 0 radical (unpaired) electrons. The summed E-state index contributed by atoms with van der Waals surface area (Å²) in [5.74, 6) is 1.73. The zero-order valence-electron chi connectivity index (χ0n) is 20.8. The van der Waals surface area contributed by atoms with E-state index in [4.69, 9.17) is 10.5 Å². The van der Waals surface area contributed by atoms with E-state index in [1.165, 1.54) is 18.4 Å². The maximum Gasteiger partial charge on any atom is 0.222 e. The van der Waals surface area contributed by atoms with Crippen LogP contribution < -0.4 is 21.1 Å². The fourth-order valence-electron chi connectivity index (χ4n) is 4.22. The van der Waals surface area contributed by atoms with Crippen LogP contribution in [-0.2, 0) is 4.79 Å². The monoisotopic (exact) mass is 485 g/mol. The Hall–Kier alpha value is -3.84. The van der Waals surface area contributed by atoms with E-state index in [0.29, 0.717) is 6.54 Å². The number of likely N-dealkylation sites (tertiary alicyclic amines) is 1. The van der Waals surface area contributed by atoms with E-state index in [-0.39, 0.29) is 24.3 Å². The number of hydrogen-bond acceptors (Lipinski definition) is 4. The van der Waals surface area contributed by atoms with Crippen molar-refractivity contribution in [2.24, 2.45) is 10.7 Å². The van der Waals surface area contributed by atoms with Crippen LogP contribution in [0, 0.1) is 6.92 Å². The number of anilines is 1. The molecule has 1 unspecified atom stereocenters. The largest absolute Gasteiger partial charge is 0.457 e. The van der Waals surface area contributed by atoms with Crippen LogP contribution in [0.2, 0.25) is 0 Å². The number of benzene rings is 3. The highest BCUT2D eigenvalue weighted by Crippen LogP contribution is 2.24. The Morgan fingerprint density at radius 3 is 2.28 bits per heavy atom. The van der Waals surface area contributed by atoms with Crippen LogP contribution in [0.3, 0.4) is 0 Å². The fraction of sp³-hybridized carbons (Fsp3) is 0.310. The number of ether oxygens (including phenoxy) is 1. The minimum atomic E-state index is -0.380. The number of carbonyl (C=O) groups excluding carboxylic acids is 1. The number of nitrogens with two attached hydrogens (primary N) is 1. The number of nitrogens with one attached hydrogen (secondary N) is 2. The van der Waals surface area contributed by atoms with E-state index >= 15 is 0 Å². The first-order valence-corrected chi connectivity index (χ1v) is 12.5. The molecule has 7 nitrogen and oxygen atoms in total. The van der Waals surface area contributed by atoms with Crippen LogP contribution in [0.15, 0.2) is 83.9 Å². The van der Waals surface area contributed by atoms with Gasteiger partial charge in [0.15, 0.2) is 5.96 Å². The molecule has 4 N–H and O–H groups in total. The molecule has 36 heavy (non-hydrogen) atoms. The summed E-state index contributed by atoms with van der Waals surface area (Å²) in [6, 6.07) is 24.8. The summed E-state index contributed by atoms with van der Waals surface area (Å²) in [7, 11) is 0. The van der Waals surface area contributed by atoms with E-state index in [1.807, 2.05) is 85.8 Å². The average molecular weight is 486 g/mol. The third-order valence-corrected chi connectivity index (χ3v) is 6.19. The molecule has 4 rings (SSSR count). The summed E-state index contributed by atoms with van der Waals surface area (Å²) in [6.45, 7) is 5.82. The lowest BCUT2D eigenvalue weighted by Crippen LogP contribution is -2.34. The van der Waals surface area contributed by atoms with Crippen LogP contribution in [0.1, 0.15) is 36.4 Å². The number of amides is 1. The second-order valence-electron chi connectivity index (χ2n) is 9.11. The average Bonchev–Trinajstić information content (AvgIpc) is 3.40. The van der Waals surface area contributed by atoms with Crippen LogP contribution >= 0.6 is 0 Å². The van der Waals surface area contributed by atoms with E-state index in [0.717, 1.165) is 42.4 Å². The van der Waals surface area contributed by atoms with Gasteiger partial charge in [-0.3, -0.25) is 4.79 Å². The van der Waals surface area contributed by atoms with Gasteiger partial charge in [0.1, 0.15) is 11.5 Å². The molecule has 3 aromatic carbocycles. The standard InChI is InChI=1S/C29H35N5O2/c1-22-9-13-25(14-10-22)36-26-15-11-24(12-16-26)32-29(30)33-27(23-7-3-2-4-8-23)21-28(35)31-17-20-34-18-5-6-19-34/h2-4,7-16,27H,5-6,17-21H2,1H3,(H,31,35)(H3,30,32,33). The predicted octanol–water partition coefficient (Wildman–Crippen LogP) is 4.86. The molecule has 1 fully saturated rings. The van der Waals surface area contributed by atoms with Gasteiger partial charge in [0, 0.05) is 18.8 Å². The molecule has 188 valence electrons. The number of aryl methyl sites for hydroxylation is 1. The number of guanidine groups is 1. The van der Waals surface area contributed by atoms with Gasteiger partial charge in [-0.05, 0) is 74.8 Å². The van der Waals surface area contributed by atoms with Crippen molar-refractivity contribution in [2.75, 3.05) is 31.5 Å². The molecule has 0 spiro atoms. The van der Waals surface area contributed by atoms with Crippen LogP contribution in [0.5, 0.6) is 11.5 Å². The zero-order valence-corrected chi connectivity index (χ0v) is 20.8. The first-order valence-electron chi connectivity index (χ1n) is 12.5. The van der Waals surface area contributed by atoms with E-state index in [1.54, 1.807) is 0 Å². The highest BCUT2D eigenvalue weighted by molar-refractivity contribution is 5.92. The van der Waals surface area contributed by atoms with E-state index < -0.39 is 0 Å². The zero-order chi connectivity index (χ0) is 25.2. The van der Waals surface area contributed by atoms with Gasteiger partial charge in [-0.1, -0.05) is 48.0 Å². The lowest BCUT2D eigenvalue weighted by molar-refractivity contribution is -0.121. The van der Waals surface area contributed by atoms with Crippen molar-refractivity contribution in [2.45, 2.75) is 32.2 Å². The fourth-order valence-corrected chi connectivity index (χ4v) is 4.22. The third kappa shape index (κ3) is 7.85. The molecule has 3 aromatic rings. The highest BCUT2D eigenvalue weighted by atomic mass is 16.5. The second kappa shape index (κ2) is 12.7. The molecule has 1 amide bonds. The third-order valence-electron chi connectivity index (χ3n) is 6.19. The SMILES string of the molecule is Cc1ccc(Oc2ccc(NC(N)=NC(CC(=O)NCCN3CCCC3)c3ccccc3)cc2)cc1. The first kappa shape index (κ1) is 25.3. The van der Waals surface area contributed by atoms with Gasteiger partial charge in [0.2, 0.25) is 5.91 Å². The van der Waals surface area contributed by atoms with Crippen molar-refractivity contribution >= 4 is 17.6 Å². The predicted molar refractivity (Wildman–Crippen MR) is 145 cm³/mol. The Morgan fingerprint density at radius 2 is 1.61 bits per heavy atom. The van der Waals surface area contributed by atoms with Gasteiger partial charge in [-0.15, -0.1) is 0 Å². The highest BCUT2D eigenvalue weighted by Gasteiger charge is 2.17. The summed E-state index contributed by atoms with van der Waals surface area (Å²) in [6.07, 6.45) is 2.72. The maximum atomic E-state index is 12.7. The minimum Gasteiger partial charge on any atom is -0.457 e. The number of aliphatic imine (C=N–C) groups is 1. The number of nitrogens with zero attached hydrogens (tertiary/aromatic N) is 2. The molecule has 1 heterocycles. The van der Waals surface area contributed by atoms with Gasteiger partial charge in [0.05, 0.1) is 12.5 Å². The van der Waals surface area contributed by atoms with Crippen molar-refractivity contribution in [1.29, 1.82) is 0 Å². The smallest absolute Gasteiger partial charge is 0.222 e. The lowest BCUT2D eigenvalue weighted by Gasteiger charge is -2.17. The normalized spacial score (nSPS) is 14.9. The summed E-state index contributed by atoms with van der Waals surface area (Å²) < 4.78 is 5.89. The molecule has 1 atom stereocenters. The summed E-state index contributed by atoms with van der Waals surface area (Å²) >= 11 is 0. The molecular formula is C29H35N5O2. The molecule has 0 saturated carbocycles. The van der Waals surface area contributed by atoms with Gasteiger partial charge in [-0.25, -0.2) is 4.99 Å². The van der Waals surface area contributed by atoms with Crippen molar-refractivity contribution in [1.82, 2.24) is 10.2 Å².